The average Bonchev–Trinajstić information content (AvgIpc) is 2.74. The van der Waals surface area contributed by atoms with Crippen LogP contribution in [0.3, 0.4) is 0 Å². The van der Waals surface area contributed by atoms with Crippen LogP contribution in [0.5, 0.6) is 0 Å². The zero-order chi connectivity index (χ0) is 16.6. The van der Waals surface area contributed by atoms with Crippen molar-refractivity contribution in [2.75, 3.05) is 0 Å². The van der Waals surface area contributed by atoms with Crippen LogP contribution in [0, 0.1) is 34.5 Å². The van der Waals surface area contributed by atoms with Gasteiger partial charge in [-0.25, -0.2) is 0 Å². The Morgan fingerprint density at radius 3 is 2.43 bits per heavy atom. The van der Waals surface area contributed by atoms with Gasteiger partial charge in [0.15, 0.2) is 5.79 Å². The molecule has 4 saturated carbocycles. The number of aliphatic hydroxyl groups excluding tert-OH is 1. The highest BCUT2D eigenvalue weighted by Crippen LogP contribution is 2.68. The van der Waals surface area contributed by atoms with Gasteiger partial charge in [-0.15, -0.1) is 0 Å². The molecule has 8 atom stereocenters. The molecule has 0 heterocycles. The molecule has 0 aromatic heterocycles. The molecule has 0 aliphatic heterocycles. The van der Waals surface area contributed by atoms with Crippen molar-refractivity contribution in [1.29, 1.82) is 0 Å². The molecule has 0 bridgehead atoms. The second-order valence-corrected chi connectivity index (χ2v) is 11.0. The third-order valence-corrected chi connectivity index (χ3v) is 9.12. The predicted molar refractivity (Wildman–Crippen MR) is 93.0 cm³/mol. The first-order valence-corrected chi connectivity index (χ1v) is 10.3. The van der Waals surface area contributed by atoms with Gasteiger partial charge < -0.3 is 15.3 Å². The van der Waals surface area contributed by atoms with Gasteiger partial charge in [0, 0.05) is 17.2 Å². The van der Waals surface area contributed by atoms with E-state index >= 15 is 0 Å². The predicted octanol–water partition coefficient (Wildman–Crippen LogP) is 3.44. The Bertz CT molecular complexity index is 495. The Kier molecular flexibility index (Phi) is 3.79. The lowest BCUT2D eigenvalue weighted by atomic mass is 9.43. The van der Waals surface area contributed by atoms with Crippen LogP contribution in [-0.2, 0) is 0 Å². The van der Waals surface area contributed by atoms with Crippen molar-refractivity contribution in [3.05, 3.63) is 0 Å². The highest BCUT2D eigenvalue weighted by Gasteiger charge is 2.65. The van der Waals surface area contributed by atoms with E-state index in [9.17, 15) is 15.3 Å². The van der Waals surface area contributed by atoms with Crippen LogP contribution in [0.25, 0.3) is 0 Å². The van der Waals surface area contributed by atoms with E-state index in [2.05, 4.69) is 29.8 Å². The second kappa shape index (κ2) is 5.18. The molecule has 4 aliphatic rings. The summed E-state index contributed by atoms with van der Waals surface area (Å²) in [5.74, 6) is -0.520. The van der Waals surface area contributed by atoms with Crippen molar-refractivity contribution in [3.63, 3.8) is 0 Å². The van der Waals surface area contributed by atoms with Crippen LogP contribution in [-0.4, -0.2) is 32.0 Å². The van der Waals surface area contributed by atoms with E-state index in [1.807, 2.05) is 0 Å². The summed E-state index contributed by atoms with van der Waals surface area (Å²) in [4.78, 5) is 0.519. The molecule has 132 valence electrons. The van der Waals surface area contributed by atoms with Crippen LogP contribution in [0.15, 0.2) is 0 Å². The van der Waals surface area contributed by atoms with Crippen LogP contribution < -0.4 is 0 Å². The van der Waals surface area contributed by atoms with Crippen LogP contribution in [0.2, 0.25) is 0 Å². The minimum atomic E-state index is -1.56. The van der Waals surface area contributed by atoms with Gasteiger partial charge in [-0.05, 0) is 73.5 Å². The zero-order valence-electron chi connectivity index (χ0n) is 14.3. The Labute approximate surface area is 148 Å². The molecular weight excluding hydrogens is 356 g/mol. The topological polar surface area (TPSA) is 60.7 Å². The minimum absolute atomic E-state index is 0.000271. The molecule has 4 rings (SSSR count). The quantitative estimate of drug-likeness (QED) is 0.441. The number of aliphatic hydroxyl groups is 3. The maximum atomic E-state index is 11.0. The Morgan fingerprint density at radius 2 is 1.70 bits per heavy atom. The van der Waals surface area contributed by atoms with Crippen molar-refractivity contribution in [2.45, 2.75) is 81.9 Å². The molecule has 0 amide bonds. The fourth-order valence-corrected chi connectivity index (χ4v) is 8.34. The smallest absolute Gasteiger partial charge is 0.166 e. The number of hydrogen-bond acceptors (Lipinski definition) is 3. The van der Waals surface area contributed by atoms with Gasteiger partial charge in [0.2, 0.25) is 0 Å². The molecule has 4 fully saturated rings. The summed E-state index contributed by atoms with van der Waals surface area (Å²) < 4.78 is 0. The monoisotopic (exact) mass is 386 g/mol. The van der Waals surface area contributed by atoms with E-state index in [0.29, 0.717) is 23.1 Å². The summed E-state index contributed by atoms with van der Waals surface area (Å²) in [6.07, 6.45) is 7.41. The van der Waals surface area contributed by atoms with Gasteiger partial charge >= 0.3 is 0 Å². The Balaban J connectivity index is 1.72. The summed E-state index contributed by atoms with van der Waals surface area (Å²) in [6, 6.07) is 0. The van der Waals surface area contributed by atoms with Crippen LogP contribution in [0.1, 0.15) is 65.2 Å². The third-order valence-electron chi connectivity index (χ3n) is 8.42. The number of rotatable bonds is 0. The van der Waals surface area contributed by atoms with Crippen molar-refractivity contribution in [1.82, 2.24) is 0 Å². The van der Waals surface area contributed by atoms with Gasteiger partial charge in [0.1, 0.15) is 0 Å². The lowest BCUT2D eigenvalue weighted by Crippen LogP contribution is -2.63. The van der Waals surface area contributed by atoms with E-state index < -0.39 is 5.79 Å². The zero-order valence-corrected chi connectivity index (χ0v) is 15.9. The van der Waals surface area contributed by atoms with Gasteiger partial charge in [-0.1, -0.05) is 29.8 Å². The normalized spacial score (nSPS) is 58.2. The first-order chi connectivity index (χ1) is 10.7. The standard InChI is InChI=1S/C19H31BrO3/c1-17-5-4-14-16(15(17)8-12(20)10-17)19(22,23)9-11-7-13(21)3-6-18(11,14)2/h11-16,21-23H,3-10H2,1-2H3/t11-,12+,13+,14+,15+,16-,17-,18+/m1/s1. The van der Waals surface area contributed by atoms with Gasteiger partial charge in [0.25, 0.3) is 0 Å². The largest absolute Gasteiger partial charge is 0.393 e. The number of halogens is 1. The second-order valence-electron chi connectivity index (χ2n) is 9.68. The first kappa shape index (κ1) is 16.8. The lowest BCUT2D eigenvalue weighted by Gasteiger charge is -2.63. The summed E-state index contributed by atoms with van der Waals surface area (Å²) in [7, 11) is 0. The molecule has 0 aromatic rings. The lowest BCUT2D eigenvalue weighted by molar-refractivity contribution is -0.303. The molecule has 3 N–H and O–H groups in total. The summed E-state index contributed by atoms with van der Waals surface area (Å²) in [5, 5.41) is 32.1. The van der Waals surface area contributed by atoms with Crippen molar-refractivity contribution in [2.24, 2.45) is 34.5 Å². The highest BCUT2D eigenvalue weighted by atomic mass is 79.9. The average molecular weight is 387 g/mol. The molecule has 0 saturated heterocycles. The van der Waals surface area contributed by atoms with Gasteiger partial charge in [-0.3, -0.25) is 0 Å². The molecule has 3 nitrogen and oxygen atoms in total. The van der Waals surface area contributed by atoms with E-state index in [1.54, 1.807) is 0 Å². The summed E-state index contributed by atoms with van der Waals surface area (Å²) in [5.41, 5.74) is 0.425. The Hall–Kier alpha value is 0.360. The molecule has 23 heavy (non-hydrogen) atoms. The number of alkyl halides is 1. The molecule has 0 aromatic carbocycles. The molecule has 0 radical (unpaired) electrons. The van der Waals surface area contributed by atoms with Crippen molar-refractivity contribution >= 4 is 15.9 Å². The van der Waals surface area contributed by atoms with E-state index in [-0.39, 0.29) is 28.8 Å². The van der Waals surface area contributed by atoms with E-state index in [4.69, 9.17) is 0 Å². The fourth-order valence-electron chi connectivity index (χ4n) is 7.20. The molecule has 0 unspecified atom stereocenters. The maximum Gasteiger partial charge on any atom is 0.166 e. The summed E-state index contributed by atoms with van der Waals surface area (Å²) in [6.45, 7) is 4.74. The fraction of sp³-hybridized carbons (Fsp3) is 1.00. The minimum Gasteiger partial charge on any atom is -0.393 e. The molecule has 0 spiro atoms. The number of fused-ring (bicyclic) bond motifs is 5. The first-order valence-electron chi connectivity index (χ1n) is 9.43. The van der Waals surface area contributed by atoms with Crippen molar-refractivity contribution < 1.29 is 15.3 Å². The van der Waals surface area contributed by atoms with Crippen LogP contribution >= 0.6 is 15.9 Å². The SMILES string of the molecule is C[C@]12CC[C@H]3[C@H]([C@@H]1C[C@H](Br)C2)C(O)(O)C[C@H]1C[C@@H](O)CC[C@@]13C. The van der Waals surface area contributed by atoms with Crippen LogP contribution in [0.4, 0.5) is 0 Å². The number of hydrogen-bond donors (Lipinski definition) is 3. The third kappa shape index (κ3) is 2.38. The maximum absolute atomic E-state index is 11.0. The Morgan fingerprint density at radius 1 is 0.957 bits per heavy atom. The molecular formula is C19H31BrO3. The molecule has 4 aliphatic carbocycles. The van der Waals surface area contributed by atoms with Gasteiger partial charge in [0.05, 0.1) is 6.10 Å². The van der Waals surface area contributed by atoms with E-state index in [0.717, 1.165) is 38.5 Å². The van der Waals surface area contributed by atoms with Gasteiger partial charge in [-0.2, -0.15) is 0 Å². The van der Waals surface area contributed by atoms with Crippen molar-refractivity contribution in [3.8, 4) is 0 Å². The summed E-state index contributed by atoms with van der Waals surface area (Å²) >= 11 is 3.81. The molecule has 4 heteroatoms. The highest BCUT2D eigenvalue weighted by molar-refractivity contribution is 9.09. The van der Waals surface area contributed by atoms with E-state index in [1.165, 1.54) is 6.42 Å².